The molecule has 1 fully saturated rings. The first-order chi connectivity index (χ1) is 15.8. The van der Waals surface area contributed by atoms with Crippen LogP contribution in [0.1, 0.15) is 59.9 Å². The van der Waals surface area contributed by atoms with Crippen molar-refractivity contribution in [3.8, 4) is 0 Å². The molecule has 0 aliphatic carbocycles. The number of amides is 2. The van der Waals surface area contributed by atoms with Crippen LogP contribution in [0.4, 0.5) is 5.69 Å². The smallest absolute Gasteiger partial charge is 0.227 e. The van der Waals surface area contributed by atoms with Crippen molar-refractivity contribution < 1.29 is 9.59 Å². The second-order valence-electron chi connectivity index (χ2n) is 10.1. The summed E-state index contributed by atoms with van der Waals surface area (Å²) in [7, 11) is 0. The number of rotatable bonds is 5. The molecule has 2 amide bonds. The van der Waals surface area contributed by atoms with E-state index in [9.17, 15) is 9.59 Å². The maximum atomic E-state index is 13.4. The molecule has 33 heavy (non-hydrogen) atoms. The number of nitrogens with zero attached hydrogens (tertiary/aromatic N) is 2. The molecule has 2 aromatic carbocycles. The van der Waals surface area contributed by atoms with E-state index in [2.05, 4.69) is 48.0 Å². The zero-order valence-corrected chi connectivity index (χ0v) is 20.5. The van der Waals surface area contributed by atoms with E-state index in [0.29, 0.717) is 18.9 Å². The minimum atomic E-state index is 0.0270. The van der Waals surface area contributed by atoms with Gasteiger partial charge < -0.3 is 15.1 Å². The van der Waals surface area contributed by atoms with Gasteiger partial charge in [-0.1, -0.05) is 36.8 Å². The Morgan fingerprint density at radius 3 is 2.52 bits per heavy atom. The number of hydrogen-bond acceptors (Lipinski definition) is 3. The monoisotopic (exact) mass is 447 g/mol. The topological polar surface area (TPSA) is 52.7 Å². The van der Waals surface area contributed by atoms with Crippen LogP contribution in [-0.4, -0.2) is 47.8 Å². The fourth-order valence-electron chi connectivity index (χ4n) is 5.20. The molecule has 1 N–H and O–H groups in total. The van der Waals surface area contributed by atoms with Gasteiger partial charge in [0, 0.05) is 38.3 Å². The first kappa shape index (κ1) is 23.5. The van der Waals surface area contributed by atoms with Gasteiger partial charge >= 0.3 is 0 Å². The summed E-state index contributed by atoms with van der Waals surface area (Å²) >= 11 is 0. The first-order valence-corrected chi connectivity index (χ1v) is 12.3. The number of likely N-dealkylation sites (tertiary alicyclic amines) is 1. The Kier molecular flexibility index (Phi) is 7.18. The highest BCUT2D eigenvalue weighted by atomic mass is 16.2. The van der Waals surface area contributed by atoms with Crippen molar-refractivity contribution in [3.63, 3.8) is 0 Å². The van der Waals surface area contributed by atoms with Gasteiger partial charge in [-0.25, -0.2) is 0 Å². The molecule has 2 aliphatic rings. The Labute approximate surface area is 198 Å². The van der Waals surface area contributed by atoms with Crippen LogP contribution < -0.4 is 5.32 Å². The summed E-state index contributed by atoms with van der Waals surface area (Å²) in [4.78, 5) is 30.2. The van der Waals surface area contributed by atoms with E-state index in [1.165, 1.54) is 27.8 Å². The van der Waals surface area contributed by atoms with E-state index >= 15 is 0 Å². The molecule has 2 heterocycles. The van der Waals surface area contributed by atoms with Crippen molar-refractivity contribution in [1.29, 1.82) is 0 Å². The summed E-state index contributed by atoms with van der Waals surface area (Å²) in [6.07, 6.45) is 2.39. The highest BCUT2D eigenvalue weighted by Crippen LogP contribution is 2.32. The van der Waals surface area contributed by atoms with E-state index in [1.807, 2.05) is 31.2 Å². The molecule has 2 aromatic rings. The lowest BCUT2D eigenvalue weighted by Gasteiger charge is -2.38. The van der Waals surface area contributed by atoms with Gasteiger partial charge in [0.25, 0.3) is 0 Å². The van der Waals surface area contributed by atoms with Crippen molar-refractivity contribution in [2.24, 2.45) is 5.92 Å². The van der Waals surface area contributed by atoms with Crippen LogP contribution in [0, 0.1) is 26.7 Å². The van der Waals surface area contributed by atoms with Crippen LogP contribution in [-0.2, 0) is 16.1 Å². The van der Waals surface area contributed by atoms with Gasteiger partial charge in [-0.15, -0.1) is 0 Å². The van der Waals surface area contributed by atoms with Crippen LogP contribution in [0.3, 0.4) is 0 Å². The molecule has 0 spiro atoms. The number of benzene rings is 2. The third-order valence-electron chi connectivity index (χ3n) is 7.30. The number of nitrogens with one attached hydrogen (secondary N) is 1. The van der Waals surface area contributed by atoms with E-state index in [-0.39, 0.29) is 17.7 Å². The van der Waals surface area contributed by atoms with Crippen LogP contribution in [0.25, 0.3) is 0 Å². The summed E-state index contributed by atoms with van der Waals surface area (Å²) in [5, 5.41) is 2.98. The predicted octanol–water partition coefficient (Wildman–Crippen LogP) is 4.80. The fraction of sp³-hybridized carbons (Fsp3) is 0.500. The molecule has 2 aliphatic heterocycles. The van der Waals surface area contributed by atoms with Crippen LogP contribution in [0.5, 0.6) is 0 Å². The minimum absolute atomic E-state index is 0.0270. The van der Waals surface area contributed by atoms with E-state index in [1.54, 1.807) is 0 Å². The number of hydrogen-bond donors (Lipinski definition) is 1. The fourth-order valence-corrected chi connectivity index (χ4v) is 5.20. The molecule has 4 rings (SSSR count). The van der Waals surface area contributed by atoms with E-state index in [0.717, 1.165) is 44.7 Å². The van der Waals surface area contributed by atoms with Crippen LogP contribution >= 0.6 is 0 Å². The Morgan fingerprint density at radius 1 is 1.03 bits per heavy atom. The van der Waals surface area contributed by atoms with Gasteiger partial charge in [0.2, 0.25) is 11.8 Å². The molecule has 5 nitrogen and oxygen atoms in total. The van der Waals surface area contributed by atoms with Crippen LogP contribution in [0.2, 0.25) is 0 Å². The highest BCUT2D eigenvalue weighted by Gasteiger charge is 2.33. The lowest BCUT2D eigenvalue weighted by Crippen LogP contribution is -2.47. The number of carbonyl (C=O) groups excluding carboxylic acids is 2. The van der Waals surface area contributed by atoms with Crippen molar-refractivity contribution in [3.05, 3.63) is 64.2 Å². The minimum Gasteiger partial charge on any atom is -0.337 e. The number of aryl methyl sites for hydroxylation is 3. The van der Waals surface area contributed by atoms with Crippen molar-refractivity contribution >= 4 is 17.5 Å². The molecular formula is C28H37N3O2. The van der Waals surface area contributed by atoms with Crippen LogP contribution in [0.15, 0.2) is 36.4 Å². The molecule has 1 saturated heterocycles. The average Bonchev–Trinajstić information content (AvgIpc) is 2.80. The molecule has 0 bridgehead atoms. The maximum Gasteiger partial charge on any atom is 0.227 e. The maximum absolute atomic E-state index is 13.4. The van der Waals surface area contributed by atoms with Gasteiger partial charge in [-0.3, -0.25) is 9.59 Å². The molecule has 2 atom stereocenters. The zero-order chi connectivity index (χ0) is 23.5. The third kappa shape index (κ3) is 5.64. The predicted molar refractivity (Wildman–Crippen MR) is 133 cm³/mol. The standard InChI is InChI=1S/C28H37N3O2/c1-19-7-9-25(10-8-19)29-27(32)11-13-30-12-5-6-23(17-30)28(33)31-16-22(4)26-15-21(3)20(2)14-24(26)18-31/h7-10,14-15,22-23H,5-6,11-13,16-18H2,1-4H3,(H,29,32). The number of carbonyl (C=O) groups is 2. The van der Waals surface area contributed by atoms with E-state index < -0.39 is 0 Å². The lowest BCUT2D eigenvalue weighted by atomic mass is 9.87. The second kappa shape index (κ2) is 10.1. The second-order valence-corrected chi connectivity index (χ2v) is 10.1. The zero-order valence-electron chi connectivity index (χ0n) is 20.5. The normalized spacial score (nSPS) is 20.9. The summed E-state index contributed by atoms with van der Waals surface area (Å²) < 4.78 is 0. The summed E-state index contributed by atoms with van der Waals surface area (Å²) in [5.74, 6) is 0.695. The van der Waals surface area contributed by atoms with Gasteiger partial charge in [0.15, 0.2) is 0 Å². The molecule has 2 unspecified atom stereocenters. The average molecular weight is 448 g/mol. The lowest BCUT2D eigenvalue weighted by molar-refractivity contribution is -0.138. The van der Waals surface area contributed by atoms with Crippen molar-refractivity contribution in [1.82, 2.24) is 9.80 Å². The molecule has 0 saturated carbocycles. The Hall–Kier alpha value is -2.66. The van der Waals surface area contributed by atoms with Gasteiger partial charge in [0.1, 0.15) is 0 Å². The van der Waals surface area contributed by atoms with Gasteiger partial charge in [0.05, 0.1) is 5.92 Å². The summed E-state index contributed by atoms with van der Waals surface area (Å²) in [5.41, 5.74) is 7.33. The first-order valence-electron chi connectivity index (χ1n) is 12.3. The summed E-state index contributed by atoms with van der Waals surface area (Å²) in [6.45, 7) is 12.5. The number of piperidine rings is 1. The highest BCUT2D eigenvalue weighted by molar-refractivity contribution is 5.90. The quantitative estimate of drug-likeness (QED) is 0.716. The summed E-state index contributed by atoms with van der Waals surface area (Å²) in [6, 6.07) is 12.4. The Bertz CT molecular complexity index is 1010. The van der Waals surface area contributed by atoms with Gasteiger partial charge in [-0.05, 0) is 80.5 Å². The largest absolute Gasteiger partial charge is 0.337 e. The molecule has 176 valence electrons. The van der Waals surface area contributed by atoms with Crippen molar-refractivity contribution in [2.75, 3.05) is 31.5 Å². The SMILES string of the molecule is Cc1ccc(NC(=O)CCN2CCCC(C(=O)N3Cc4cc(C)c(C)cc4C(C)C3)C2)cc1. The molecule has 0 aromatic heterocycles. The van der Waals surface area contributed by atoms with Crippen molar-refractivity contribution in [2.45, 2.75) is 59.4 Å². The Balaban J connectivity index is 1.31. The van der Waals surface area contributed by atoms with E-state index in [4.69, 9.17) is 0 Å². The third-order valence-corrected chi connectivity index (χ3v) is 7.30. The van der Waals surface area contributed by atoms with Gasteiger partial charge in [-0.2, -0.15) is 0 Å². The Morgan fingerprint density at radius 2 is 1.76 bits per heavy atom. The number of anilines is 1. The number of fused-ring (bicyclic) bond motifs is 1. The molecule has 0 radical (unpaired) electrons. The molecule has 5 heteroatoms. The molecular weight excluding hydrogens is 410 g/mol.